The van der Waals surface area contributed by atoms with Gasteiger partial charge >= 0.3 is 0 Å². The van der Waals surface area contributed by atoms with Gasteiger partial charge in [-0.05, 0) is 120 Å². The second kappa shape index (κ2) is 14.5. The molecule has 3 fully saturated rings. The van der Waals surface area contributed by atoms with Crippen molar-refractivity contribution in [2.45, 2.75) is 84.2 Å². The second-order valence-electron chi connectivity index (χ2n) is 17.5. The number of fused-ring (bicyclic) bond motifs is 2. The molecule has 8 rings (SSSR count). The summed E-state index contributed by atoms with van der Waals surface area (Å²) in [5, 5.41) is 12.6. The number of aryl methyl sites for hydroxylation is 1. The van der Waals surface area contributed by atoms with E-state index in [0.717, 1.165) is 69.9 Å². The Hall–Kier alpha value is -4.37. The van der Waals surface area contributed by atoms with Gasteiger partial charge in [-0.3, -0.25) is 24.6 Å². The molecule has 4 aliphatic heterocycles. The van der Waals surface area contributed by atoms with Crippen molar-refractivity contribution in [2.75, 3.05) is 55.6 Å². The fourth-order valence-electron chi connectivity index (χ4n) is 9.91. The summed E-state index contributed by atoms with van der Waals surface area (Å²) in [6, 6.07) is 21.0. The van der Waals surface area contributed by atoms with Crippen molar-refractivity contribution in [1.82, 2.24) is 15.1 Å². The number of nitrogens with zero attached hydrogens (tertiary/aromatic N) is 4. The Kier molecular flexibility index (Phi) is 9.73. The van der Waals surface area contributed by atoms with Crippen LogP contribution in [0.25, 0.3) is 0 Å². The minimum Gasteiger partial charge on any atom is -0.508 e. The molecule has 2 N–H and O–H groups in total. The van der Waals surface area contributed by atoms with E-state index < -0.39 is 6.04 Å². The number of hydrogen-bond acceptors (Lipinski definition) is 7. The molecule has 0 radical (unpaired) electrons. The molecule has 9 heteroatoms. The first-order chi connectivity index (χ1) is 25.5. The van der Waals surface area contributed by atoms with Gasteiger partial charge in [0.05, 0.1) is 0 Å². The lowest BCUT2D eigenvalue weighted by atomic mass is 9.67. The lowest BCUT2D eigenvalue weighted by Crippen LogP contribution is -2.52. The fraction of sp³-hybridized carbons (Fsp3) is 0.523. The molecule has 3 aromatic carbocycles. The van der Waals surface area contributed by atoms with E-state index in [9.17, 15) is 19.5 Å². The summed E-state index contributed by atoms with van der Waals surface area (Å²) in [6.07, 6.45) is 6.44. The molecule has 0 spiro atoms. The minimum atomic E-state index is -0.582. The summed E-state index contributed by atoms with van der Waals surface area (Å²) in [4.78, 5) is 46.5. The van der Waals surface area contributed by atoms with Crippen LogP contribution in [0.5, 0.6) is 5.75 Å². The maximum Gasteiger partial charge on any atom is 0.255 e. The van der Waals surface area contributed by atoms with Gasteiger partial charge in [-0.1, -0.05) is 39.0 Å². The van der Waals surface area contributed by atoms with Crippen molar-refractivity contribution in [3.8, 4) is 5.75 Å². The van der Waals surface area contributed by atoms with Crippen molar-refractivity contribution < 1.29 is 19.5 Å². The number of nitrogens with one attached hydrogen (secondary N) is 1. The van der Waals surface area contributed by atoms with E-state index in [0.29, 0.717) is 42.0 Å². The van der Waals surface area contributed by atoms with Gasteiger partial charge in [0.2, 0.25) is 11.8 Å². The first-order valence-electron chi connectivity index (χ1n) is 19.9. The molecule has 1 aliphatic carbocycles. The Balaban J connectivity index is 0.830. The van der Waals surface area contributed by atoms with Crippen LogP contribution >= 0.6 is 0 Å². The average molecular weight is 718 g/mol. The largest absolute Gasteiger partial charge is 0.508 e. The van der Waals surface area contributed by atoms with Crippen LogP contribution in [0.15, 0.2) is 60.7 Å². The number of piperidine rings is 2. The van der Waals surface area contributed by atoms with E-state index in [1.807, 2.05) is 24.3 Å². The molecule has 0 bridgehead atoms. The van der Waals surface area contributed by atoms with Crippen molar-refractivity contribution in [3.05, 3.63) is 88.5 Å². The molecule has 9 nitrogen and oxygen atoms in total. The molecule has 4 heterocycles. The number of phenolic OH excluding ortho intramolecular Hbond substituents is 1. The van der Waals surface area contributed by atoms with E-state index in [-0.39, 0.29) is 29.6 Å². The number of phenols is 1. The van der Waals surface area contributed by atoms with Crippen LogP contribution < -0.4 is 15.1 Å². The predicted octanol–water partition coefficient (Wildman–Crippen LogP) is 6.32. The smallest absolute Gasteiger partial charge is 0.255 e. The van der Waals surface area contributed by atoms with Gasteiger partial charge in [0, 0.05) is 81.6 Å². The van der Waals surface area contributed by atoms with Crippen molar-refractivity contribution >= 4 is 29.1 Å². The van der Waals surface area contributed by atoms with E-state index in [1.165, 1.54) is 41.6 Å². The number of piperazine rings is 1. The van der Waals surface area contributed by atoms with Gasteiger partial charge in [0.1, 0.15) is 11.8 Å². The third-order valence-corrected chi connectivity index (χ3v) is 12.6. The number of imide groups is 1. The van der Waals surface area contributed by atoms with E-state index >= 15 is 0 Å². The van der Waals surface area contributed by atoms with Crippen molar-refractivity contribution in [2.24, 2.45) is 17.3 Å². The Morgan fingerprint density at radius 3 is 2.19 bits per heavy atom. The molecule has 2 unspecified atom stereocenters. The molecule has 3 saturated heterocycles. The minimum absolute atomic E-state index is 0.119. The molecular formula is C44H55N5O4. The molecule has 280 valence electrons. The molecule has 3 amide bonds. The number of rotatable bonds is 7. The van der Waals surface area contributed by atoms with E-state index in [2.05, 4.69) is 77.2 Å². The van der Waals surface area contributed by atoms with Crippen LogP contribution in [0.2, 0.25) is 0 Å². The fourth-order valence-corrected chi connectivity index (χ4v) is 9.91. The number of benzene rings is 3. The Morgan fingerprint density at radius 2 is 1.47 bits per heavy atom. The summed E-state index contributed by atoms with van der Waals surface area (Å²) >= 11 is 0. The van der Waals surface area contributed by atoms with Crippen LogP contribution in [0.3, 0.4) is 0 Å². The van der Waals surface area contributed by atoms with E-state index in [1.54, 1.807) is 4.90 Å². The van der Waals surface area contributed by atoms with Gasteiger partial charge in [0.15, 0.2) is 0 Å². The first kappa shape index (κ1) is 35.6. The van der Waals surface area contributed by atoms with Crippen LogP contribution in [0.4, 0.5) is 11.4 Å². The molecule has 3 aromatic rings. The second-order valence-corrected chi connectivity index (χ2v) is 17.5. The van der Waals surface area contributed by atoms with Crippen LogP contribution in [0, 0.1) is 17.3 Å². The lowest BCUT2D eigenvalue weighted by molar-refractivity contribution is -0.136. The van der Waals surface area contributed by atoms with Crippen LogP contribution in [-0.2, 0) is 22.6 Å². The summed E-state index contributed by atoms with van der Waals surface area (Å²) in [6.45, 7) is 14.8. The summed E-state index contributed by atoms with van der Waals surface area (Å²) in [7, 11) is 0. The maximum atomic E-state index is 13.1. The number of carbonyl (C=O) groups is 3. The third-order valence-electron chi connectivity index (χ3n) is 12.6. The molecule has 5 aliphatic rings. The summed E-state index contributed by atoms with van der Waals surface area (Å²) < 4.78 is 0. The Bertz CT molecular complexity index is 1850. The normalized spacial score (nSPS) is 24.3. The predicted molar refractivity (Wildman–Crippen MR) is 208 cm³/mol. The number of anilines is 2. The molecule has 53 heavy (non-hydrogen) atoms. The molecule has 0 saturated carbocycles. The standard InChI is InChI=1S/C44H55N5O4/c1-44(2,3)26-32-5-4-31-25-36(50)11-13-37(31)41(32)30-6-8-34(9-7-30)47-18-16-29(17-19-47)27-46-20-22-48(23-21-46)35-10-12-38-33(24-35)28-49(43(38)53)39-14-15-40(51)45-42(39)52/h6-13,24-25,29,32,39,41,50H,4-5,14-23,26-28H2,1-3H3,(H,45,51,52)/t32?,39?,41-/m1/s1. The van der Waals surface area contributed by atoms with Gasteiger partial charge < -0.3 is 19.8 Å². The number of carbonyl (C=O) groups excluding carboxylic acids is 3. The number of hydrogen-bond donors (Lipinski definition) is 2. The highest BCUT2D eigenvalue weighted by atomic mass is 16.3. The van der Waals surface area contributed by atoms with Crippen LogP contribution in [0.1, 0.15) is 97.8 Å². The third kappa shape index (κ3) is 7.55. The van der Waals surface area contributed by atoms with Crippen molar-refractivity contribution in [3.63, 3.8) is 0 Å². The van der Waals surface area contributed by atoms with Crippen LogP contribution in [-0.4, -0.2) is 84.5 Å². The number of aromatic hydroxyl groups is 1. The summed E-state index contributed by atoms with van der Waals surface area (Å²) in [5.41, 5.74) is 8.45. The monoisotopic (exact) mass is 717 g/mol. The zero-order valence-electron chi connectivity index (χ0n) is 31.7. The topological polar surface area (TPSA) is 96.4 Å². The zero-order chi connectivity index (χ0) is 36.9. The number of amides is 3. The Labute approximate surface area is 314 Å². The molecular weight excluding hydrogens is 663 g/mol. The lowest BCUT2D eigenvalue weighted by Gasteiger charge is -2.40. The highest BCUT2D eigenvalue weighted by Gasteiger charge is 2.39. The van der Waals surface area contributed by atoms with Gasteiger partial charge in [-0.2, -0.15) is 0 Å². The average Bonchev–Trinajstić information content (AvgIpc) is 3.46. The van der Waals surface area contributed by atoms with Gasteiger partial charge in [-0.25, -0.2) is 0 Å². The zero-order valence-corrected chi connectivity index (χ0v) is 31.7. The first-order valence-corrected chi connectivity index (χ1v) is 19.9. The highest BCUT2D eigenvalue weighted by molar-refractivity contribution is 6.05. The SMILES string of the molecule is CC(C)(C)CC1CCc2cc(O)ccc2[C@@H]1c1ccc(N2CCC(CN3CCN(c4ccc5c(c4)CN(C4CCC(=O)NC4=O)C5=O)CC3)CC2)cc1. The highest BCUT2D eigenvalue weighted by Crippen LogP contribution is 2.46. The molecule has 3 atom stereocenters. The quantitative estimate of drug-likeness (QED) is 0.276. The van der Waals surface area contributed by atoms with E-state index in [4.69, 9.17) is 0 Å². The van der Waals surface area contributed by atoms with Gasteiger partial charge in [0.25, 0.3) is 5.91 Å². The van der Waals surface area contributed by atoms with Crippen molar-refractivity contribution in [1.29, 1.82) is 0 Å². The Morgan fingerprint density at radius 1 is 0.755 bits per heavy atom. The van der Waals surface area contributed by atoms with Gasteiger partial charge in [-0.15, -0.1) is 0 Å². The maximum absolute atomic E-state index is 13.1. The molecule has 0 aromatic heterocycles. The summed E-state index contributed by atoms with van der Waals surface area (Å²) in [5.74, 6) is 1.28.